The van der Waals surface area contributed by atoms with Gasteiger partial charge in [-0.2, -0.15) is 0 Å². The molecule has 1 fully saturated rings. The summed E-state index contributed by atoms with van der Waals surface area (Å²) in [4.78, 5) is 8.42. The Hall–Kier alpha value is -1.05. The van der Waals surface area contributed by atoms with Gasteiger partial charge in [-0.1, -0.05) is 11.8 Å². The van der Waals surface area contributed by atoms with Gasteiger partial charge >= 0.3 is 0 Å². The van der Waals surface area contributed by atoms with E-state index in [1.807, 2.05) is 6.26 Å². The van der Waals surface area contributed by atoms with Crippen molar-refractivity contribution < 1.29 is 4.74 Å². The molecule has 1 saturated heterocycles. The Labute approximate surface area is 98.5 Å². The van der Waals surface area contributed by atoms with Crippen molar-refractivity contribution in [3.63, 3.8) is 0 Å². The number of nitrogens with zero attached hydrogens (tertiary/aromatic N) is 3. The van der Waals surface area contributed by atoms with E-state index >= 15 is 0 Å². The third-order valence-electron chi connectivity index (χ3n) is 2.19. The first kappa shape index (κ1) is 11.4. The van der Waals surface area contributed by atoms with E-state index in [-0.39, 0.29) is 0 Å². The number of nitrogen functional groups attached to an aromatic ring is 1. The van der Waals surface area contributed by atoms with Crippen LogP contribution in [0, 0.1) is 0 Å². The standard InChI is InChI=1S/C9H15N5OS/c1-16-9-11-7(10)6-8(12-9)13-14-2-4-15-5-3-14/h6H,2-5H2,1H3,(H3,10,11,12,13). The first-order chi connectivity index (χ1) is 7.78. The van der Waals surface area contributed by atoms with Crippen molar-refractivity contribution in [3.05, 3.63) is 6.07 Å². The number of hydrogen-bond acceptors (Lipinski definition) is 7. The van der Waals surface area contributed by atoms with E-state index in [2.05, 4.69) is 20.4 Å². The second-order valence-electron chi connectivity index (χ2n) is 3.38. The van der Waals surface area contributed by atoms with Gasteiger partial charge in [0, 0.05) is 19.2 Å². The van der Waals surface area contributed by atoms with Crippen LogP contribution in [0.2, 0.25) is 0 Å². The van der Waals surface area contributed by atoms with Crippen LogP contribution in [-0.4, -0.2) is 47.5 Å². The minimum atomic E-state index is 0.482. The molecule has 0 saturated carbocycles. The van der Waals surface area contributed by atoms with E-state index in [0.29, 0.717) is 11.0 Å². The molecule has 3 N–H and O–H groups in total. The first-order valence-electron chi connectivity index (χ1n) is 5.06. The van der Waals surface area contributed by atoms with Crippen LogP contribution in [0.25, 0.3) is 0 Å². The van der Waals surface area contributed by atoms with Gasteiger partial charge in [0.15, 0.2) is 5.16 Å². The molecule has 6 nitrogen and oxygen atoms in total. The lowest BCUT2D eigenvalue weighted by atomic mass is 10.5. The maximum absolute atomic E-state index is 5.69. The fourth-order valence-electron chi connectivity index (χ4n) is 1.43. The molecule has 2 rings (SSSR count). The number of morpholine rings is 1. The number of aromatic nitrogens is 2. The molecule has 0 atom stereocenters. The second-order valence-corrected chi connectivity index (χ2v) is 4.15. The molecule has 1 aromatic rings. The molecule has 1 aromatic heterocycles. The van der Waals surface area contributed by atoms with Gasteiger partial charge in [-0.15, -0.1) is 0 Å². The Bertz CT molecular complexity index is 356. The van der Waals surface area contributed by atoms with E-state index < -0.39 is 0 Å². The second kappa shape index (κ2) is 5.33. The van der Waals surface area contributed by atoms with Crippen molar-refractivity contribution in [2.45, 2.75) is 5.16 Å². The quantitative estimate of drug-likeness (QED) is 0.587. The van der Waals surface area contributed by atoms with E-state index in [9.17, 15) is 0 Å². The summed E-state index contributed by atoms with van der Waals surface area (Å²) in [6.45, 7) is 3.17. The van der Waals surface area contributed by atoms with Crippen molar-refractivity contribution in [1.82, 2.24) is 15.0 Å². The number of hydrogen-bond donors (Lipinski definition) is 2. The smallest absolute Gasteiger partial charge is 0.191 e. The molecule has 0 bridgehead atoms. The third kappa shape index (κ3) is 2.97. The van der Waals surface area contributed by atoms with E-state index in [1.165, 1.54) is 11.8 Å². The Morgan fingerprint density at radius 1 is 1.44 bits per heavy atom. The molecule has 16 heavy (non-hydrogen) atoms. The van der Waals surface area contributed by atoms with Crippen molar-refractivity contribution in [1.29, 1.82) is 0 Å². The van der Waals surface area contributed by atoms with Gasteiger partial charge in [0.2, 0.25) is 0 Å². The predicted octanol–water partition coefficient (Wildman–Crippen LogP) is 0.440. The first-order valence-corrected chi connectivity index (χ1v) is 6.28. The van der Waals surface area contributed by atoms with Gasteiger partial charge in [0.05, 0.1) is 13.2 Å². The molecule has 2 heterocycles. The van der Waals surface area contributed by atoms with Crippen LogP contribution in [0.15, 0.2) is 11.2 Å². The van der Waals surface area contributed by atoms with E-state index in [1.54, 1.807) is 6.07 Å². The number of ether oxygens (including phenoxy) is 1. The lowest BCUT2D eigenvalue weighted by molar-refractivity contribution is 0.0494. The van der Waals surface area contributed by atoms with Gasteiger partial charge in [0.1, 0.15) is 11.6 Å². The monoisotopic (exact) mass is 241 g/mol. The summed E-state index contributed by atoms with van der Waals surface area (Å²) < 4.78 is 5.26. The summed E-state index contributed by atoms with van der Waals surface area (Å²) in [5.41, 5.74) is 8.90. The van der Waals surface area contributed by atoms with E-state index in [0.717, 1.165) is 32.1 Å². The summed E-state index contributed by atoms with van der Waals surface area (Å²) in [7, 11) is 0. The fourth-order valence-corrected chi connectivity index (χ4v) is 1.82. The summed E-state index contributed by atoms with van der Waals surface area (Å²) in [6, 6.07) is 1.73. The molecule has 1 aliphatic rings. The van der Waals surface area contributed by atoms with Crippen LogP contribution in [-0.2, 0) is 4.74 Å². The van der Waals surface area contributed by atoms with Crippen LogP contribution < -0.4 is 11.2 Å². The van der Waals surface area contributed by atoms with Crippen LogP contribution >= 0.6 is 11.8 Å². The number of rotatable bonds is 3. The highest BCUT2D eigenvalue weighted by Gasteiger charge is 2.11. The van der Waals surface area contributed by atoms with Crippen molar-refractivity contribution in [3.8, 4) is 0 Å². The molecule has 1 aliphatic heterocycles. The molecule has 0 aromatic carbocycles. The average molecular weight is 241 g/mol. The van der Waals surface area contributed by atoms with Crippen molar-refractivity contribution in [2.75, 3.05) is 43.7 Å². The Balaban J connectivity index is 2.04. The largest absolute Gasteiger partial charge is 0.383 e. The number of thioether (sulfide) groups is 1. The van der Waals surface area contributed by atoms with Gasteiger partial charge in [0.25, 0.3) is 0 Å². The Morgan fingerprint density at radius 3 is 2.88 bits per heavy atom. The molecule has 0 radical (unpaired) electrons. The number of nitrogens with two attached hydrogens (primary N) is 1. The third-order valence-corrected chi connectivity index (χ3v) is 2.74. The average Bonchev–Trinajstić information content (AvgIpc) is 2.29. The van der Waals surface area contributed by atoms with Crippen LogP contribution in [0.4, 0.5) is 11.6 Å². The van der Waals surface area contributed by atoms with Crippen LogP contribution in [0.3, 0.4) is 0 Å². The lowest BCUT2D eigenvalue weighted by Gasteiger charge is -2.27. The topological polar surface area (TPSA) is 76.3 Å². The normalized spacial score (nSPS) is 17.3. The zero-order chi connectivity index (χ0) is 11.4. The van der Waals surface area contributed by atoms with Crippen molar-refractivity contribution >= 4 is 23.4 Å². The minimum Gasteiger partial charge on any atom is -0.383 e. The summed E-state index contributed by atoms with van der Waals surface area (Å²) in [5, 5.41) is 2.74. The molecule has 0 amide bonds. The molecule has 88 valence electrons. The van der Waals surface area contributed by atoms with Crippen LogP contribution in [0.5, 0.6) is 0 Å². The summed E-state index contributed by atoms with van der Waals surface area (Å²) in [5.74, 6) is 1.22. The summed E-state index contributed by atoms with van der Waals surface area (Å²) in [6.07, 6.45) is 1.92. The maximum Gasteiger partial charge on any atom is 0.191 e. The zero-order valence-electron chi connectivity index (χ0n) is 9.14. The Kier molecular flexibility index (Phi) is 3.81. The molecule has 0 aliphatic carbocycles. The zero-order valence-corrected chi connectivity index (χ0v) is 9.96. The van der Waals surface area contributed by atoms with E-state index in [4.69, 9.17) is 10.5 Å². The van der Waals surface area contributed by atoms with Gasteiger partial charge < -0.3 is 15.9 Å². The molecular weight excluding hydrogens is 226 g/mol. The minimum absolute atomic E-state index is 0.482. The number of nitrogens with one attached hydrogen (secondary N) is 1. The van der Waals surface area contributed by atoms with Gasteiger partial charge in [-0.05, 0) is 6.26 Å². The highest BCUT2D eigenvalue weighted by atomic mass is 32.2. The maximum atomic E-state index is 5.69. The molecular formula is C9H15N5OS. The van der Waals surface area contributed by atoms with Gasteiger partial charge in [-0.25, -0.2) is 15.0 Å². The van der Waals surface area contributed by atoms with Gasteiger partial charge in [-0.3, -0.25) is 0 Å². The number of anilines is 2. The number of hydrazine groups is 1. The summed E-state index contributed by atoms with van der Waals surface area (Å²) >= 11 is 1.47. The predicted molar refractivity (Wildman–Crippen MR) is 64.2 cm³/mol. The van der Waals surface area contributed by atoms with Crippen LogP contribution in [0.1, 0.15) is 0 Å². The molecule has 7 heteroatoms. The van der Waals surface area contributed by atoms with Crippen molar-refractivity contribution in [2.24, 2.45) is 0 Å². The lowest BCUT2D eigenvalue weighted by Crippen LogP contribution is -2.40. The molecule has 0 spiro atoms. The molecule has 0 unspecified atom stereocenters. The SMILES string of the molecule is CSc1nc(N)cc(NN2CCOCC2)n1. The highest BCUT2D eigenvalue weighted by Crippen LogP contribution is 2.15. The Morgan fingerprint density at radius 2 is 2.19 bits per heavy atom. The fraction of sp³-hybridized carbons (Fsp3) is 0.556. The highest BCUT2D eigenvalue weighted by molar-refractivity contribution is 7.98.